The molecule has 0 bridgehead atoms. The molecule has 6 heteroatoms. The van der Waals surface area contributed by atoms with Gasteiger partial charge in [-0.3, -0.25) is 4.90 Å². The van der Waals surface area contributed by atoms with Gasteiger partial charge in [0.2, 0.25) is 0 Å². The predicted molar refractivity (Wildman–Crippen MR) is 83.1 cm³/mol. The van der Waals surface area contributed by atoms with Crippen molar-refractivity contribution in [2.75, 3.05) is 26.8 Å². The van der Waals surface area contributed by atoms with Gasteiger partial charge in [-0.05, 0) is 19.4 Å². The lowest BCUT2D eigenvalue weighted by molar-refractivity contribution is 0.180. The van der Waals surface area contributed by atoms with Crippen LogP contribution in [-0.2, 0) is 6.54 Å². The summed E-state index contributed by atoms with van der Waals surface area (Å²) in [6.07, 6.45) is 4.36. The molecule has 0 unspecified atom stereocenters. The fourth-order valence-electron chi connectivity index (χ4n) is 2.85. The fourth-order valence-corrected chi connectivity index (χ4v) is 2.85. The van der Waals surface area contributed by atoms with Gasteiger partial charge in [-0.15, -0.1) is 0 Å². The van der Waals surface area contributed by atoms with Gasteiger partial charge in [0, 0.05) is 25.2 Å². The van der Waals surface area contributed by atoms with E-state index in [2.05, 4.69) is 28.0 Å². The van der Waals surface area contributed by atoms with E-state index in [0.29, 0.717) is 6.61 Å². The van der Waals surface area contributed by atoms with Crippen molar-refractivity contribution in [2.45, 2.75) is 25.9 Å². The number of methoxy groups -OCH3 is 1. The largest absolute Gasteiger partial charge is 0.493 e. The summed E-state index contributed by atoms with van der Waals surface area (Å²) in [6.45, 7) is 5.67. The number of nitrogens with zero attached hydrogens (tertiary/aromatic N) is 4. The molecule has 0 aliphatic carbocycles. The van der Waals surface area contributed by atoms with Crippen LogP contribution in [0.1, 0.15) is 24.9 Å². The first kappa shape index (κ1) is 14.8. The van der Waals surface area contributed by atoms with Crippen LogP contribution in [-0.4, -0.2) is 46.5 Å². The molecule has 6 nitrogen and oxygen atoms in total. The number of para-hydroxylation sites is 1. The van der Waals surface area contributed by atoms with E-state index in [1.807, 2.05) is 16.8 Å². The zero-order chi connectivity index (χ0) is 15.4. The highest BCUT2D eigenvalue weighted by atomic mass is 16.5. The molecule has 1 atom stereocenters. The predicted octanol–water partition coefficient (Wildman–Crippen LogP) is 2.13. The molecular weight excluding hydrogens is 280 g/mol. The van der Waals surface area contributed by atoms with Crippen LogP contribution in [0.2, 0.25) is 0 Å². The van der Waals surface area contributed by atoms with Crippen molar-refractivity contribution >= 4 is 0 Å². The van der Waals surface area contributed by atoms with Crippen molar-refractivity contribution in [3.05, 3.63) is 36.4 Å². The topological polar surface area (TPSA) is 52.4 Å². The smallest absolute Gasteiger partial charge is 0.165 e. The van der Waals surface area contributed by atoms with E-state index in [0.717, 1.165) is 37.6 Å². The van der Waals surface area contributed by atoms with Crippen LogP contribution in [0.15, 0.2) is 30.9 Å². The second kappa shape index (κ2) is 6.79. The maximum Gasteiger partial charge on any atom is 0.165 e. The van der Waals surface area contributed by atoms with Crippen LogP contribution in [0.3, 0.4) is 0 Å². The molecule has 2 aromatic rings. The van der Waals surface area contributed by atoms with Crippen LogP contribution >= 0.6 is 0 Å². The van der Waals surface area contributed by atoms with Gasteiger partial charge in [0.25, 0.3) is 0 Å². The lowest BCUT2D eigenvalue weighted by Gasteiger charge is -2.29. The molecule has 0 saturated heterocycles. The summed E-state index contributed by atoms with van der Waals surface area (Å²) in [5.74, 6) is 1.69. The Morgan fingerprint density at radius 1 is 1.41 bits per heavy atom. The van der Waals surface area contributed by atoms with Crippen molar-refractivity contribution in [1.82, 2.24) is 19.7 Å². The Hall–Kier alpha value is -2.08. The number of aromatic nitrogens is 3. The molecule has 22 heavy (non-hydrogen) atoms. The second-order valence-corrected chi connectivity index (χ2v) is 5.61. The quantitative estimate of drug-likeness (QED) is 0.866. The molecule has 0 spiro atoms. The fraction of sp³-hybridized carbons (Fsp3) is 0.500. The standard InChI is InChI=1S/C16H22N4O2/c1-13(20-12-17-11-18-20)9-19-7-4-8-22-16-14(10-19)5-3-6-15(16)21-2/h3,5-6,11-13H,4,7-10H2,1-2H3/t13-/m0/s1. The minimum atomic E-state index is 0.289. The Kier molecular flexibility index (Phi) is 4.58. The highest BCUT2D eigenvalue weighted by Crippen LogP contribution is 2.33. The summed E-state index contributed by atoms with van der Waals surface area (Å²) in [7, 11) is 1.68. The van der Waals surface area contributed by atoms with Gasteiger partial charge in [0.05, 0.1) is 19.8 Å². The third-order valence-electron chi connectivity index (χ3n) is 3.95. The van der Waals surface area contributed by atoms with Gasteiger partial charge in [0.1, 0.15) is 12.7 Å². The lowest BCUT2D eigenvalue weighted by atomic mass is 10.1. The molecule has 0 radical (unpaired) electrons. The number of rotatable bonds is 4. The van der Waals surface area contributed by atoms with Crippen molar-refractivity contribution in [3.8, 4) is 11.5 Å². The molecule has 1 aromatic carbocycles. The van der Waals surface area contributed by atoms with Crippen LogP contribution < -0.4 is 9.47 Å². The Bertz CT molecular complexity index is 600. The Labute approximate surface area is 130 Å². The highest BCUT2D eigenvalue weighted by Gasteiger charge is 2.19. The molecule has 1 aromatic heterocycles. The third-order valence-corrected chi connectivity index (χ3v) is 3.95. The van der Waals surface area contributed by atoms with E-state index in [4.69, 9.17) is 9.47 Å². The van der Waals surface area contributed by atoms with Gasteiger partial charge in [-0.1, -0.05) is 12.1 Å². The van der Waals surface area contributed by atoms with Gasteiger partial charge in [-0.25, -0.2) is 9.67 Å². The maximum absolute atomic E-state index is 5.90. The van der Waals surface area contributed by atoms with Crippen molar-refractivity contribution in [3.63, 3.8) is 0 Å². The molecular formula is C16H22N4O2. The summed E-state index contributed by atoms with van der Waals surface area (Å²) >= 11 is 0. The zero-order valence-corrected chi connectivity index (χ0v) is 13.1. The molecule has 3 rings (SSSR count). The van der Waals surface area contributed by atoms with Crippen molar-refractivity contribution in [2.24, 2.45) is 0 Å². The molecule has 0 saturated carbocycles. The third kappa shape index (κ3) is 3.22. The highest BCUT2D eigenvalue weighted by molar-refractivity contribution is 5.46. The number of ether oxygens (including phenoxy) is 2. The van der Waals surface area contributed by atoms with E-state index in [1.165, 1.54) is 5.56 Å². The summed E-state index contributed by atoms with van der Waals surface area (Å²) < 4.78 is 13.2. The molecule has 1 aliphatic heterocycles. The van der Waals surface area contributed by atoms with Crippen molar-refractivity contribution in [1.29, 1.82) is 0 Å². The Balaban J connectivity index is 1.76. The molecule has 1 aliphatic rings. The minimum Gasteiger partial charge on any atom is -0.493 e. The van der Waals surface area contributed by atoms with Gasteiger partial charge in [-0.2, -0.15) is 5.10 Å². The summed E-state index contributed by atoms with van der Waals surface area (Å²) in [5, 5.41) is 4.23. The molecule has 118 valence electrons. The monoisotopic (exact) mass is 302 g/mol. The van der Waals surface area contributed by atoms with Gasteiger partial charge < -0.3 is 9.47 Å². The first-order valence-electron chi connectivity index (χ1n) is 7.63. The number of hydrogen-bond donors (Lipinski definition) is 0. The first-order chi connectivity index (χ1) is 10.8. The summed E-state index contributed by atoms with van der Waals surface area (Å²) in [5.41, 5.74) is 1.17. The lowest BCUT2D eigenvalue weighted by Crippen LogP contribution is -2.32. The van der Waals surface area contributed by atoms with E-state index in [9.17, 15) is 0 Å². The van der Waals surface area contributed by atoms with Gasteiger partial charge >= 0.3 is 0 Å². The summed E-state index contributed by atoms with van der Waals surface area (Å²) in [4.78, 5) is 6.46. The van der Waals surface area contributed by atoms with Crippen molar-refractivity contribution < 1.29 is 9.47 Å². The molecule has 0 fully saturated rings. The van der Waals surface area contributed by atoms with Crippen LogP contribution in [0.5, 0.6) is 11.5 Å². The van der Waals surface area contributed by atoms with E-state index < -0.39 is 0 Å². The van der Waals surface area contributed by atoms with E-state index >= 15 is 0 Å². The zero-order valence-electron chi connectivity index (χ0n) is 13.1. The average Bonchev–Trinajstić information content (AvgIpc) is 3.03. The Morgan fingerprint density at radius 2 is 2.32 bits per heavy atom. The number of hydrogen-bond acceptors (Lipinski definition) is 5. The molecule has 0 amide bonds. The normalized spacial score (nSPS) is 17.0. The van der Waals surface area contributed by atoms with Crippen LogP contribution in [0.25, 0.3) is 0 Å². The average molecular weight is 302 g/mol. The summed E-state index contributed by atoms with van der Waals surface area (Å²) in [6, 6.07) is 6.36. The number of benzene rings is 1. The van der Waals surface area contributed by atoms with E-state index in [1.54, 1.807) is 19.8 Å². The maximum atomic E-state index is 5.90. The SMILES string of the molecule is COc1cccc2c1OCCCN(C[C@H](C)n1cncn1)C2. The first-order valence-corrected chi connectivity index (χ1v) is 7.63. The van der Waals surface area contributed by atoms with E-state index in [-0.39, 0.29) is 6.04 Å². The second-order valence-electron chi connectivity index (χ2n) is 5.61. The minimum absolute atomic E-state index is 0.289. The molecule has 2 heterocycles. The van der Waals surface area contributed by atoms with Gasteiger partial charge in [0.15, 0.2) is 11.5 Å². The molecule has 0 N–H and O–H groups in total. The van der Waals surface area contributed by atoms with Crippen LogP contribution in [0.4, 0.5) is 0 Å². The number of fused-ring (bicyclic) bond motifs is 1. The van der Waals surface area contributed by atoms with Crippen LogP contribution in [0, 0.1) is 0 Å². The Morgan fingerprint density at radius 3 is 3.09 bits per heavy atom.